The summed E-state index contributed by atoms with van der Waals surface area (Å²) >= 11 is 0. The van der Waals surface area contributed by atoms with Crippen LogP contribution in [0.15, 0.2) is 18.3 Å². The van der Waals surface area contributed by atoms with Crippen LogP contribution in [-0.4, -0.2) is 32.6 Å². The average molecular weight is 259 g/mol. The van der Waals surface area contributed by atoms with E-state index in [1.54, 1.807) is 0 Å². The van der Waals surface area contributed by atoms with Gasteiger partial charge in [-0.1, -0.05) is 13.3 Å². The van der Waals surface area contributed by atoms with Gasteiger partial charge in [0.25, 0.3) is 0 Å². The predicted molar refractivity (Wildman–Crippen MR) is 74.7 cm³/mol. The number of nitrogens with two attached hydrogens (primary N) is 1. The Morgan fingerprint density at radius 2 is 2.32 bits per heavy atom. The SMILES string of the molecule is CCN1CCCCC1c1nc2cc(CN)ccn2n1. The summed E-state index contributed by atoms with van der Waals surface area (Å²) in [6.45, 7) is 4.98. The van der Waals surface area contributed by atoms with Crippen molar-refractivity contribution >= 4 is 5.65 Å². The molecule has 5 nitrogen and oxygen atoms in total. The van der Waals surface area contributed by atoms with Crippen molar-refractivity contribution in [3.63, 3.8) is 0 Å². The van der Waals surface area contributed by atoms with E-state index >= 15 is 0 Å². The molecule has 0 amide bonds. The van der Waals surface area contributed by atoms with E-state index in [2.05, 4.69) is 16.9 Å². The molecule has 1 atom stereocenters. The summed E-state index contributed by atoms with van der Waals surface area (Å²) in [6.07, 6.45) is 5.67. The minimum atomic E-state index is 0.375. The summed E-state index contributed by atoms with van der Waals surface area (Å²) in [4.78, 5) is 7.17. The Labute approximate surface area is 113 Å². The summed E-state index contributed by atoms with van der Waals surface area (Å²) < 4.78 is 1.86. The first kappa shape index (κ1) is 12.6. The van der Waals surface area contributed by atoms with Gasteiger partial charge in [-0.2, -0.15) is 0 Å². The van der Waals surface area contributed by atoms with Gasteiger partial charge in [0.1, 0.15) is 0 Å². The van der Waals surface area contributed by atoms with Crippen LogP contribution in [-0.2, 0) is 6.54 Å². The maximum Gasteiger partial charge on any atom is 0.168 e. The van der Waals surface area contributed by atoms with Gasteiger partial charge < -0.3 is 5.73 Å². The van der Waals surface area contributed by atoms with Gasteiger partial charge in [0, 0.05) is 12.7 Å². The summed E-state index contributed by atoms with van der Waals surface area (Å²) in [5, 5.41) is 4.63. The summed E-state index contributed by atoms with van der Waals surface area (Å²) in [6, 6.07) is 4.40. The van der Waals surface area contributed by atoms with Crippen molar-refractivity contribution in [2.45, 2.75) is 38.8 Å². The van der Waals surface area contributed by atoms with Crippen LogP contribution in [0.25, 0.3) is 5.65 Å². The van der Waals surface area contributed by atoms with Crippen LogP contribution < -0.4 is 5.73 Å². The molecule has 3 heterocycles. The second-order valence-electron chi connectivity index (χ2n) is 5.15. The molecule has 0 aromatic carbocycles. The van der Waals surface area contributed by atoms with Crippen molar-refractivity contribution in [1.29, 1.82) is 0 Å². The number of rotatable bonds is 3. The van der Waals surface area contributed by atoms with Crippen LogP contribution in [0, 0.1) is 0 Å². The number of hydrogen-bond donors (Lipinski definition) is 1. The number of pyridine rings is 1. The molecule has 3 rings (SSSR count). The molecule has 0 radical (unpaired) electrons. The lowest BCUT2D eigenvalue weighted by molar-refractivity contribution is 0.150. The lowest BCUT2D eigenvalue weighted by Crippen LogP contribution is -2.33. The van der Waals surface area contributed by atoms with E-state index < -0.39 is 0 Å². The Hall–Kier alpha value is -1.46. The van der Waals surface area contributed by atoms with Gasteiger partial charge in [-0.05, 0) is 43.6 Å². The van der Waals surface area contributed by atoms with E-state index in [4.69, 9.17) is 10.7 Å². The molecule has 0 bridgehead atoms. The van der Waals surface area contributed by atoms with E-state index in [0.29, 0.717) is 12.6 Å². The molecule has 19 heavy (non-hydrogen) atoms. The first-order valence-electron chi connectivity index (χ1n) is 7.11. The van der Waals surface area contributed by atoms with Gasteiger partial charge in [0.05, 0.1) is 6.04 Å². The monoisotopic (exact) mass is 259 g/mol. The first-order chi connectivity index (χ1) is 9.31. The molecule has 2 N–H and O–H groups in total. The van der Waals surface area contributed by atoms with Crippen LogP contribution in [0.1, 0.15) is 43.6 Å². The zero-order chi connectivity index (χ0) is 13.2. The van der Waals surface area contributed by atoms with E-state index in [-0.39, 0.29) is 0 Å². The number of aromatic nitrogens is 3. The molecule has 0 aliphatic carbocycles. The van der Waals surface area contributed by atoms with Crippen LogP contribution in [0.2, 0.25) is 0 Å². The topological polar surface area (TPSA) is 59.5 Å². The molecule has 2 aromatic rings. The molecule has 1 fully saturated rings. The number of fused-ring (bicyclic) bond motifs is 1. The van der Waals surface area contributed by atoms with E-state index in [0.717, 1.165) is 36.5 Å². The van der Waals surface area contributed by atoms with Crippen LogP contribution in [0.5, 0.6) is 0 Å². The van der Waals surface area contributed by atoms with Crippen molar-refractivity contribution in [3.8, 4) is 0 Å². The lowest BCUT2D eigenvalue weighted by Gasteiger charge is -2.32. The van der Waals surface area contributed by atoms with Crippen LogP contribution in [0.3, 0.4) is 0 Å². The zero-order valence-corrected chi connectivity index (χ0v) is 11.4. The highest BCUT2D eigenvalue weighted by Crippen LogP contribution is 2.28. The highest BCUT2D eigenvalue weighted by molar-refractivity contribution is 5.40. The molecule has 102 valence electrons. The third kappa shape index (κ3) is 2.35. The van der Waals surface area contributed by atoms with Crippen molar-refractivity contribution in [2.75, 3.05) is 13.1 Å². The maximum atomic E-state index is 5.67. The minimum absolute atomic E-state index is 0.375. The molecule has 2 aromatic heterocycles. The number of hydrogen-bond acceptors (Lipinski definition) is 4. The molecule has 0 spiro atoms. The molecular weight excluding hydrogens is 238 g/mol. The third-order valence-corrected chi connectivity index (χ3v) is 3.97. The molecule has 1 unspecified atom stereocenters. The van der Waals surface area contributed by atoms with Crippen molar-refractivity contribution in [3.05, 3.63) is 29.7 Å². The normalized spacial score (nSPS) is 21.1. The Kier molecular flexibility index (Phi) is 3.48. The molecule has 1 aliphatic heterocycles. The van der Waals surface area contributed by atoms with Crippen molar-refractivity contribution in [1.82, 2.24) is 19.5 Å². The fraction of sp³-hybridized carbons (Fsp3) is 0.571. The molecule has 0 saturated carbocycles. The second-order valence-corrected chi connectivity index (χ2v) is 5.15. The van der Waals surface area contributed by atoms with Gasteiger partial charge in [-0.3, -0.25) is 4.90 Å². The Morgan fingerprint density at radius 3 is 3.11 bits per heavy atom. The van der Waals surface area contributed by atoms with Gasteiger partial charge in [-0.25, -0.2) is 9.50 Å². The third-order valence-electron chi connectivity index (χ3n) is 3.97. The van der Waals surface area contributed by atoms with E-state index in [1.165, 1.54) is 12.8 Å². The summed E-state index contributed by atoms with van der Waals surface area (Å²) in [7, 11) is 0. The number of nitrogens with zero attached hydrogens (tertiary/aromatic N) is 4. The Morgan fingerprint density at radius 1 is 1.42 bits per heavy atom. The largest absolute Gasteiger partial charge is 0.326 e. The Bertz CT molecular complexity index is 562. The van der Waals surface area contributed by atoms with Crippen LogP contribution >= 0.6 is 0 Å². The van der Waals surface area contributed by atoms with Crippen LogP contribution in [0.4, 0.5) is 0 Å². The first-order valence-corrected chi connectivity index (χ1v) is 7.11. The summed E-state index contributed by atoms with van der Waals surface area (Å²) in [5.74, 6) is 0.954. The van der Waals surface area contributed by atoms with Gasteiger partial charge in [-0.15, -0.1) is 5.10 Å². The molecular formula is C14H21N5. The second kappa shape index (κ2) is 5.27. The fourth-order valence-electron chi connectivity index (χ4n) is 2.87. The molecule has 1 saturated heterocycles. The quantitative estimate of drug-likeness (QED) is 0.912. The van der Waals surface area contributed by atoms with Gasteiger partial charge in [0.2, 0.25) is 0 Å². The average Bonchev–Trinajstić information content (AvgIpc) is 2.89. The zero-order valence-electron chi connectivity index (χ0n) is 11.4. The number of piperidine rings is 1. The smallest absolute Gasteiger partial charge is 0.168 e. The molecule has 5 heteroatoms. The fourth-order valence-corrected chi connectivity index (χ4v) is 2.87. The highest BCUT2D eigenvalue weighted by Gasteiger charge is 2.26. The highest BCUT2D eigenvalue weighted by atomic mass is 15.3. The maximum absolute atomic E-state index is 5.67. The standard InChI is InChI=1S/C14H21N5/c1-2-18-7-4-3-5-12(18)14-16-13-9-11(10-15)6-8-19(13)17-14/h6,8-9,12H,2-5,7,10,15H2,1H3. The minimum Gasteiger partial charge on any atom is -0.326 e. The van der Waals surface area contributed by atoms with E-state index in [1.807, 2.05) is 22.8 Å². The van der Waals surface area contributed by atoms with Crippen molar-refractivity contribution in [2.24, 2.45) is 5.73 Å². The number of likely N-dealkylation sites (tertiary alicyclic amines) is 1. The van der Waals surface area contributed by atoms with Gasteiger partial charge >= 0.3 is 0 Å². The van der Waals surface area contributed by atoms with Crippen molar-refractivity contribution < 1.29 is 0 Å². The van der Waals surface area contributed by atoms with Gasteiger partial charge in [0.15, 0.2) is 11.5 Å². The summed E-state index contributed by atoms with van der Waals surface area (Å²) in [5.41, 5.74) is 7.67. The van der Waals surface area contributed by atoms with E-state index in [9.17, 15) is 0 Å². The lowest BCUT2D eigenvalue weighted by atomic mass is 10.0. The molecule has 1 aliphatic rings. The predicted octanol–water partition coefficient (Wildman–Crippen LogP) is 1.73. The Balaban J connectivity index is 1.95.